The van der Waals surface area contributed by atoms with Crippen LogP contribution in [-0.2, 0) is 0 Å². The van der Waals surface area contributed by atoms with Crippen LogP contribution in [0.3, 0.4) is 0 Å². The predicted octanol–water partition coefficient (Wildman–Crippen LogP) is 3.45. The summed E-state index contributed by atoms with van der Waals surface area (Å²) in [6.07, 6.45) is 0. The van der Waals surface area contributed by atoms with Crippen molar-refractivity contribution in [2.24, 2.45) is 10.2 Å². The zero-order valence-electron chi connectivity index (χ0n) is 7.67. The maximum atomic E-state index is 4.10. The molecule has 0 amide bonds. The molecule has 15 heavy (non-hydrogen) atoms. The van der Waals surface area contributed by atoms with E-state index in [1.807, 2.05) is 60.7 Å². The molecule has 0 saturated carbocycles. The van der Waals surface area contributed by atoms with E-state index in [9.17, 15) is 0 Å². The van der Waals surface area contributed by atoms with Crippen LogP contribution in [-0.4, -0.2) is 18.9 Å². The Morgan fingerprint density at radius 3 is 1.20 bits per heavy atom. The second kappa shape index (κ2) is 6.18. The molecule has 0 atom stereocenters. The summed E-state index contributed by atoms with van der Waals surface area (Å²) < 4.78 is 0. The number of rotatable bonds is 2. The molecule has 0 unspecified atom stereocenters. The van der Waals surface area contributed by atoms with Crippen molar-refractivity contribution in [3.05, 3.63) is 60.7 Å². The van der Waals surface area contributed by atoms with Crippen molar-refractivity contribution in [1.29, 1.82) is 0 Å². The van der Waals surface area contributed by atoms with E-state index < -0.39 is 0 Å². The van der Waals surface area contributed by atoms with Crippen LogP contribution in [0.5, 0.6) is 0 Å². The number of nitrogens with zero attached hydrogens (tertiary/aromatic N) is 2. The minimum absolute atomic E-state index is 0. The smallest absolute Gasteiger partial charge is 0.0857 e. The van der Waals surface area contributed by atoms with Gasteiger partial charge < -0.3 is 0 Å². The van der Waals surface area contributed by atoms with E-state index >= 15 is 0 Å². The molecule has 2 aromatic carbocycles. The summed E-state index contributed by atoms with van der Waals surface area (Å²) >= 11 is 0. The first-order valence-electron chi connectivity index (χ1n) is 4.47. The summed E-state index contributed by atoms with van der Waals surface area (Å²) in [4.78, 5) is 0. The van der Waals surface area contributed by atoms with Gasteiger partial charge in [-0.05, 0) is 24.3 Å². The Morgan fingerprint density at radius 1 is 0.533 bits per heavy atom. The fourth-order valence-electron chi connectivity index (χ4n) is 1.10. The molecule has 0 aromatic heterocycles. The number of hydrogen-bond acceptors (Lipinski definition) is 2. The van der Waals surface area contributed by atoms with Gasteiger partial charge in [-0.25, -0.2) is 0 Å². The molecule has 0 spiro atoms. The van der Waals surface area contributed by atoms with Crippen molar-refractivity contribution in [2.45, 2.75) is 0 Å². The molecule has 0 aliphatic heterocycles. The number of azo groups is 1. The maximum absolute atomic E-state index is 4.10. The van der Waals surface area contributed by atoms with Crippen LogP contribution in [0.25, 0.3) is 0 Å². The van der Waals surface area contributed by atoms with Crippen molar-refractivity contribution < 1.29 is 0 Å². The van der Waals surface area contributed by atoms with Crippen LogP contribution in [0, 0.1) is 0 Å². The minimum Gasteiger partial charge on any atom is -0.151 e. The van der Waals surface area contributed by atoms with E-state index in [0.29, 0.717) is 0 Å². The molecule has 0 radical (unpaired) electrons. The Morgan fingerprint density at radius 2 is 0.867 bits per heavy atom. The minimum atomic E-state index is 0. The summed E-state index contributed by atoms with van der Waals surface area (Å²) in [6.45, 7) is 0. The van der Waals surface area contributed by atoms with E-state index in [4.69, 9.17) is 0 Å². The molecular weight excluding hydrogens is 179 g/mol. The van der Waals surface area contributed by atoms with Gasteiger partial charge in [0.1, 0.15) is 0 Å². The quantitative estimate of drug-likeness (QED) is 0.511. The summed E-state index contributed by atoms with van der Waals surface area (Å²) in [6, 6.07) is 19.4. The SMILES string of the molecule is [LiH].c1ccc(/N=N/c2ccccc2)cc1. The third kappa shape index (κ3) is 3.71. The summed E-state index contributed by atoms with van der Waals surface area (Å²) in [5, 5.41) is 8.20. The number of hydrogen-bond donors (Lipinski definition) is 0. The van der Waals surface area contributed by atoms with Crippen molar-refractivity contribution in [2.75, 3.05) is 0 Å². The standard InChI is InChI=1S/C12H10N2.Li.H/c1-3-7-11(8-4-1)13-14-12-9-5-2-6-10-12;;/h1-10H;;/b14-13+;;. The fourth-order valence-corrected chi connectivity index (χ4v) is 1.10. The molecular formula is C12H11LiN2. The molecule has 2 nitrogen and oxygen atoms in total. The maximum Gasteiger partial charge on any atom is 0.0857 e. The van der Waals surface area contributed by atoms with Crippen molar-refractivity contribution >= 4 is 30.2 Å². The van der Waals surface area contributed by atoms with E-state index in [-0.39, 0.29) is 18.9 Å². The van der Waals surface area contributed by atoms with E-state index in [1.54, 1.807) is 0 Å². The van der Waals surface area contributed by atoms with Crippen LogP contribution in [0.4, 0.5) is 11.4 Å². The van der Waals surface area contributed by atoms with Crippen LogP contribution < -0.4 is 0 Å². The van der Waals surface area contributed by atoms with Gasteiger partial charge in [-0.1, -0.05) is 36.4 Å². The van der Waals surface area contributed by atoms with Gasteiger partial charge in [0.15, 0.2) is 0 Å². The Hall–Kier alpha value is -1.36. The molecule has 0 N–H and O–H groups in total. The third-order valence-corrected chi connectivity index (χ3v) is 1.79. The molecule has 2 rings (SSSR count). The Kier molecular flexibility index (Phi) is 4.83. The largest absolute Gasteiger partial charge is 0.151 e. The average molecular weight is 190 g/mol. The van der Waals surface area contributed by atoms with Crippen molar-refractivity contribution in [3.8, 4) is 0 Å². The molecule has 70 valence electrons. The Balaban J connectivity index is 0.00000112. The topological polar surface area (TPSA) is 24.7 Å². The summed E-state index contributed by atoms with van der Waals surface area (Å²) in [5.41, 5.74) is 1.74. The normalized spacial score (nSPS) is 9.87. The van der Waals surface area contributed by atoms with Gasteiger partial charge in [0.05, 0.1) is 11.4 Å². The zero-order chi connectivity index (χ0) is 9.64. The van der Waals surface area contributed by atoms with Crippen molar-refractivity contribution in [1.82, 2.24) is 0 Å². The van der Waals surface area contributed by atoms with Crippen LogP contribution >= 0.6 is 0 Å². The van der Waals surface area contributed by atoms with Gasteiger partial charge in [0.2, 0.25) is 0 Å². The zero-order valence-corrected chi connectivity index (χ0v) is 7.67. The molecule has 0 saturated heterocycles. The van der Waals surface area contributed by atoms with Crippen LogP contribution in [0.1, 0.15) is 0 Å². The number of benzene rings is 2. The van der Waals surface area contributed by atoms with Crippen molar-refractivity contribution in [3.63, 3.8) is 0 Å². The molecule has 0 aliphatic carbocycles. The van der Waals surface area contributed by atoms with Gasteiger partial charge >= 0.3 is 18.9 Å². The van der Waals surface area contributed by atoms with Gasteiger partial charge in [0.25, 0.3) is 0 Å². The third-order valence-electron chi connectivity index (χ3n) is 1.79. The first-order chi connectivity index (χ1) is 6.95. The average Bonchev–Trinajstić information content (AvgIpc) is 2.29. The van der Waals surface area contributed by atoms with E-state index in [2.05, 4.69) is 10.2 Å². The summed E-state index contributed by atoms with van der Waals surface area (Å²) in [7, 11) is 0. The molecule has 0 aliphatic rings. The van der Waals surface area contributed by atoms with Gasteiger partial charge in [-0.2, -0.15) is 10.2 Å². The second-order valence-electron chi connectivity index (χ2n) is 2.87. The predicted molar refractivity (Wildman–Crippen MR) is 64.2 cm³/mol. The summed E-state index contributed by atoms with van der Waals surface area (Å²) in [5.74, 6) is 0. The van der Waals surface area contributed by atoms with Crippen LogP contribution in [0.2, 0.25) is 0 Å². The van der Waals surface area contributed by atoms with E-state index in [0.717, 1.165) is 11.4 Å². The van der Waals surface area contributed by atoms with E-state index in [1.165, 1.54) is 0 Å². The first-order valence-corrected chi connectivity index (χ1v) is 4.47. The van der Waals surface area contributed by atoms with Crippen LogP contribution in [0.15, 0.2) is 70.9 Å². The van der Waals surface area contributed by atoms with Gasteiger partial charge in [0, 0.05) is 0 Å². The van der Waals surface area contributed by atoms with Gasteiger partial charge in [-0.3, -0.25) is 0 Å². The molecule has 3 heteroatoms. The van der Waals surface area contributed by atoms with Gasteiger partial charge in [-0.15, -0.1) is 0 Å². The molecule has 2 aromatic rings. The Labute approximate surface area is 101 Å². The monoisotopic (exact) mass is 190 g/mol. The Bertz CT molecular complexity index is 371. The first kappa shape index (κ1) is 11.7. The molecule has 0 fully saturated rings. The molecule has 0 bridgehead atoms. The second-order valence-corrected chi connectivity index (χ2v) is 2.87. The fraction of sp³-hybridized carbons (Fsp3) is 0. The molecule has 0 heterocycles.